The second-order valence-corrected chi connectivity index (χ2v) is 4.46. The maximum atomic E-state index is 4.53. The van der Waals surface area contributed by atoms with Crippen LogP contribution in [0.25, 0.3) is 11.3 Å². The molecule has 4 nitrogen and oxygen atoms in total. The van der Waals surface area contributed by atoms with Gasteiger partial charge >= 0.3 is 0 Å². The molecule has 2 aromatic heterocycles. The fourth-order valence-corrected chi connectivity index (χ4v) is 1.74. The van der Waals surface area contributed by atoms with Crippen molar-refractivity contribution in [1.82, 2.24) is 15.0 Å². The molecule has 0 radical (unpaired) electrons. The van der Waals surface area contributed by atoms with Crippen LogP contribution in [0, 0.1) is 6.92 Å². The van der Waals surface area contributed by atoms with Crippen LogP contribution in [0.5, 0.6) is 0 Å². The Hall–Kier alpha value is -1.97. The van der Waals surface area contributed by atoms with Crippen molar-refractivity contribution >= 4 is 5.82 Å². The highest BCUT2D eigenvalue weighted by Gasteiger charge is 2.05. The molecule has 0 amide bonds. The predicted octanol–water partition coefficient (Wildman–Crippen LogP) is 2.48. The van der Waals surface area contributed by atoms with Gasteiger partial charge in [0.15, 0.2) is 0 Å². The van der Waals surface area contributed by atoms with Crippen LogP contribution < -0.4 is 4.90 Å². The van der Waals surface area contributed by atoms with E-state index < -0.39 is 0 Å². The fraction of sp³-hybridized carbons (Fsp3) is 0.357. The van der Waals surface area contributed by atoms with Crippen molar-refractivity contribution < 1.29 is 0 Å². The van der Waals surface area contributed by atoms with E-state index >= 15 is 0 Å². The van der Waals surface area contributed by atoms with Crippen molar-refractivity contribution in [1.29, 1.82) is 0 Å². The summed E-state index contributed by atoms with van der Waals surface area (Å²) < 4.78 is 0. The maximum absolute atomic E-state index is 4.53. The predicted molar refractivity (Wildman–Crippen MR) is 73.7 cm³/mol. The minimum absolute atomic E-state index is 0.845. The summed E-state index contributed by atoms with van der Waals surface area (Å²) >= 11 is 0. The molecule has 0 saturated carbocycles. The Kier molecular flexibility index (Phi) is 3.55. The Balaban J connectivity index is 2.39. The third-order valence-corrected chi connectivity index (χ3v) is 2.72. The first kappa shape index (κ1) is 12.5. The Morgan fingerprint density at radius 1 is 1.17 bits per heavy atom. The fourth-order valence-electron chi connectivity index (χ4n) is 1.74. The van der Waals surface area contributed by atoms with Gasteiger partial charge in [-0.05, 0) is 25.1 Å². The van der Waals surface area contributed by atoms with Crippen LogP contribution in [0.2, 0.25) is 0 Å². The zero-order valence-electron chi connectivity index (χ0n) is 11.3. The lowest BCUT2D eigenvalue weighted by molar-refractivity contribution is 0.921. The number of hydrogen-bond donors (Lipinski definition) is 0. The van der Waals surface area contributed by atoms with Gasteiger partial charge in [-0.1, -0.05) is 6.92 Å². The van der Waals surface area contributed by atoms with Crippen molar-refractivity contribution in [2.75, 3.05) is 19.0 Å². The van der Waals surface area contributed by atoms with Gasteiger partial charge in [0.1, 0.15) is 11.6 Å². The zero-order valence-corrected chi connectivity index (χ0v) is 11.3. The first-order valence-electron chi connectivity index (χ1n) is 6.08. The SMILES string of the molecule is CCc1nc(C)cc(-c2ccc(N(C)C)nc2)n1. The molecule has 0 aliphatic heterocycles. The van der Waals surface area contributed by atoms with E-state index in [4.69, 9.17) is 0 Å². The minimum atomic E-state index is 0.845. The van der Waals surface area contributed by atoms with Crippen molar-refractivity contribution in [2.45, 2.75) is 20.3 Å². The Bertz CT molecular complexity index is 532. The normalized spacial score (nSPS) is 10.4. The highest BCUT2D eigenvalue weighted by atomic mass is 15.1. The summed E-state index contributed by atoms with van der Waals surface area (Å²) in [4.78, 5) is 15.3. The van der Waals surface area contributed by atoms with Crippen LogP contribution in [0.15, 0.2) is 24.4 Å². The number of aromatic nitrogens is 3. The molecule has 0 aliphatic carbocycles. The van der Waals surface area contributed by atoms with Crippen LogP contribution in [0.1, 0.15) is 18.4 Å². The highest BCUT2D eigenvalue weighted by Crippen LogP contribution is 2.19. The van der Waals surface area contributed by atoms with Gasteiger partial charge in [-0.2, -0.15) is 0 Å². The van der Waals surface area contributed by atoms with Gasteiger partial charge in [0.2, 0.25) is 0 Å². The molecule has 0 N–H and O–H groups in total. The third kappa shape index (κ3) is 2.64. The topological polar surface area (TPSA) is 41.9 Å². The van der Waals surface area contributed by atoms with E-state index in [1.165, 1.54) is 0 Å². The second kappa shape index (κ2) is 5.12. The molecule has 2 rings (SSSR count). The second-order valence-electron chi connectivity index (χ2n) is 4.46. The van der Waals surface area contributed by atoms with E-state index in [1.54, 1.807) is 0 Å². The molecule has 0 aromatic carbocycles. The monoisotopic (exact) mass is 242 g/mol. The smallest absolute Gasteiger partial charge is 0.128 e. The van der Waals surface area contributed by atoms with Crippen molar-refractivity contribution in [3.63, 3.8) is 0 Å². The summed E-state index contributed by atoms with van der Waals surface area (Å²) in [7, 11) is 3.96. The molecule has 0 spiro atoms. The molecular weight excluding hydrogens is 224 g/mol. The molecule has 0 aliphatic rings. The zero-order chi connectivity index (χ0) is 13.1. The molecule has 94 valence electrons. The van der Waals surface area contributed by atoms with Crippen molar-refractivity contribution in [3.05, 3.63) is 35.9 Å². The van der Waals surface area contributed by atoms with Crippen LogP contribution in [0.4, 0.5) is 5.82 Å². The van der Waals surface area contributed by atoms with E-state index in [0.717, 1.165) is 35.0 Å². The molecule has 2 heterocycles. The lowest BCUT2D eigenvalue weighted by Crippen LogP contribution is -2.10. The van der Waals surface area contributed by atoms with E-state index in [9.17, 15) is 0 Å². The Morgan fingerprint density at radius 2 is 1.94 bits per heavy atom. The molecular formula is C14H18N4. The lowest BCUT2D eigenvalue weighted by Gasteiger charge is -2.11. The first-order chi connectivity index (χ1) is 8.60. The molecule has 4 heteroatoms. The first-order valence-corrected chi connectivity index (χ1v) is 6.08. The molecule has 0 unspecified atom stereocenters. The molecule has 0 bridgehead atoms. The highest BCUT2D eigenvalue weighted by molar-refractivity contribution is 5.60. The van der Waals surface area contributed by atoms with Crippen LogP contribution >= 0.6 is 0 Å². The average molecular weight is 242 g/mol. The van der Waals surface area contributed by atoms with Crippen LogP contribution in [-0.2, 0) is 6.42 Å². The number of anilines is 1. The van der Waals surface area contributed by atoms with Crippen LogP contribution in [-0.4, -0.2) is 29.0 Å². The van der Waals surface area contributed by atoms with Crippen LogP contribution in [0.3, 0.4) is 0 Å². The Morgan fingerprint density at radius 3 is 2.50 bits per heavy atom. The summed E-state index contributed by atoms with van der Waals surface area (Å²) in [6.07, 6.45) is 2.70. The van der Waals surface area contributed by atoms with E-state index in [2.05, 4.69) is 21.9 Å². The average Bonchev–Trinajstić information content (AvgIpc) is 2.38. The molecule has 0 saturated heterocycles. The summed E-state index contributed by atoms with van der Waals surface area (Å²) in [5.74, 6) is 1.82. The number of pyridine rings is 1. The molecule has 0 fully saturated rings. The molecule has 2 aromatic rings. The summed E-state index contributed by atoms with van der Waals surface area (Å²) in [6, 6.07) is 6.04. The van der Waals surface area contributed by atoms with Gasteiger partial charge < -0.3 is 4.90 Å². The number of aryl methyl sites for hydroxylation is 2. The van der Waals surface area contributed by atoms with Gasteiger partial charge in [0.25, 0.3) is 0 Å². The van der Waals surface area contributed by atoms with Gasteiger partial charge in [-0.15, -0.1) is 0 Å². The summed E-state index contributed by atoms with van der Waals surface area (Å²) in [6.45, 7) is 4.05. The molecule has 18 heavy (non-hydrogen) atoms. The number of rotatable bonds is 3. The minimum Gasteiger partial charge on any atom is -0.363 e. The van der Waals surface area contributed by atoms with Crippen molar-refractivity contribution in [3.8, 4) is 11.3 Å². The van der Waals surface area contributed by atoms with E-state index in [-0.39, 0.29) is 0 Å². The summed E-state index contributed by atoms with van der Waals surface area (Å²) in [5.41, 5.74) is 2.96. The van der Waals surface area contributed by atoms with Gasteiger partial charge in [0, 0.05) is 38.0 Å². The maximum Gasteiger partial charge on any atom is 0.128 e. The molecule has 0 atom stereocenters. The number of nitrogens with zero attached hydrogens (tertiary/aromatic N) is 4. The number of hydrogen-bond acceptors (Lipinski definition) is 4. The van der Waals surface area contributed by atoms with Gasteiger partial charge in [0.05, 0.1) is 5.69 Å². The van der Waals surface area contributed by atoms with Gasteiger partial charge in [-0.3, -0.25) is 0 Å². The Labute approximate surface area is 108 Å². The largest absolute Gasteiger partial charge is 0.363 e. The standard InChI is InChI=1S/C14H18N4/c1-5-13-16-10(2)8-12(17-13)11-6-7-14(15-9-11)18(3)4/h6-9H,5H2,1-4H3. The quantitative estimate of drug-likeness (QED) is 0.829. The van der Waals surface area contributed by atoms with E-state index in [1.807, 2.05) is 50.3 Å². The lowest BCUT2D eigenvalue weighted by atomic mass is 10.2. The third-order valence-electron chi connectivity index (χ3n) is 2.72. The van der Waals surface area contributed by atoms with Crippen molar-refractivity contribution in [2.24, 2.45) is 0 Å². The van der Waals surface area contributed by atoms with Gasteiger partial charge in [-0.25, -0.2) is 15.0 Å². The van der Waals surface area contributed by atoms with E-state index in [0.29, 0.717) is 0 Å². The summed E-state index contributed by atoms with van der Waals surface area (Å²) in [5, 5.41) is 0.